The molecule has 2 heterocycles. The number of rotatable bonds is 7. The number of esters is 1. The first-order chi connectivity index (χ1) is 19.1. The van der Waals surface area contributed by atoms with Crippen molar-refractivity contribution in [1.82, 2.24) is 10.2 Å². The average Bonchev–Trinajstić information content (AvgIpc) is 3.63. The van der Waals surface area contributed by atoms with E-state index in [2.05, 4.69) is 10.6 Å². The molecule has 39 heavy (non-hydrogen) atoms. The number of nitrogens with zero attached hydrogens (tertiary/aromatic N) is 1. The van der Waals surface area contributed by atoms with Gasteiger partial charge in [0.05, 0.1) is 25.2 Å². The largest absolute Gasteiger partial charge is 0.469 e. The summed E-state index contributed by atoms with van der Waals surface area (Å²) in [7, 11) is 1.34. The van der Waals surface area contributed by atoms with E-state index in [1.54, 1.807) is 12.1 Å². The van der Waals surface area contributed by atoms with Crippen LogP contribution in [0.3, 0.4) is 0 Å². The minimum Gasteiger partial charge on any atom is -0.469 e. The normalized spacial score (nSPS) is 24.2. The highest BCUT2D eigenvalue weighted by molar-refractivity contribution is 5.97. The zero-order valence-corrected chi connectivity index (χ0v) is 21.9. The van der Waals surface area contributed by atoms with E-state index in [1.807, 2.05) is 78.9 Å². The molecule has 2 saturated heterocycles. The Morgan fingerprint density at radius 1 is 0.897 bits per heavy atom. The lowest BCUT2D eigenvalue weighted by atomic mass is 9.80. The van der Waals surface area contributed by atoms with Crippen LogP contribution in [0.15, 0.2) is 91.0 Å². The molecule has 2 aliphatic heterocycles. The second kappa shape index (κ2) is 12.1. The van der Waals surface area contributed by atoms with E-state index in [1.165, 1.54) is 12.0 Å². The number of carbonyl (C=O) groups excluding carboxylic acids is 3. The number of hydrogen-bond donors (Lipinski definition) is 2. The van der Waals surface area contributed by atoms with Crippen LogP contribution < -0.4 is 10.6 Å². The molecule has 5 atom stereocenters. The minimum absolute atomic E-state index is 0.0709. The third-order valence-electron chi connectivity index (χ3n) is 7.52. The Morgan fingerprint density at radius 3 is 2.10 bits per heavy atom. The molecule has 5 rings (SSSR count). The maximum absolute atomic E-state index is 14.1. The van der Waals surface area contributed by atoms with E-state index < -0.39 is 35.9 Å². The summed E-state index contributed by atoms with van der Waals surface area (Å²) >= 11 is 0. The van der Waals surface area contributed by atoms with E-state index in [4.69, 9.17) is 9.47 Å². The van der Waals surface area contributed by atoms with E-state index in [0.717, 1.165) is 24.0 Å². The fraction of sp³-hybridized carbons (Fsp3) is 0.323. The van der Waals surface area contributed by atoms with Gasteiger partial charge in [-0.25, -0.2) is 4.79 Å². The van der Waals surface area contributed by atoms with Crippen LogP contribution in [0.4, 0.5) is 10.5 Å². The molecule has 2 aliphatic rings. The van der Waals surface area contributed by atoms with Gasteiger partial charge in [-0.3, -0.25) is 9.59 Å². The summed E-state index contributed by atoms with van der Waals surface area (Å²) in [6, 6.07) is 25.6. The third kappa shape index (κ3) is 5.66. The molecule has 2 fully saturated rings. The Kier molecular flexibility index (Phi) is 8.22. The van der Waals surface area contributed by atoms with Crippen LogP contribution >= 0.6 is 0 Å². The number of nitrogens with one attached hydrogen (secondary N) is 2. The second-order valence-corrected chi connectivity index (χ2v) is 9.87. The fourth-order valence-electron chi connectivity index (χ4n) is 5.78. The molecule has 8 heteroatoms. The molecular formula is C31H33N3O5. The molecule has 0 saturated carbocycles. The fourth-order valence-corrected chi connectivity index (χ4v) is 5.78. The number of methoxy groups -OCH3 is 1. The van der Waals surface area contributed by atoms with Gasteiger partial charge in [0.2, 0.25) is 5.91 Å². The highest BCUT2D eigenvalue weighted by Crippen LogP contribution is 2.50. The van der Waals surface area contributed by atoms with E-state index in [0.29, 0.717) is 18.8 Å². The number of likely N-dealkylation sites (tertiary alicyclic amines) is 1. The van der Waals surface area contributed by atoms with Gasteiger partial charge in [-0.05, 0) is 36.1 Å². The molecule has 2 N–H and O–H groups in total. The Bertz CT molecular complexity index is 1270. The standard InChI is InChI=1S/C31H33N3O5/c1-38-30(36)26-25(21-12-5-2-6-13-21)28(29(35)32-20-24-18-11-19-39-24)34(27(26)22-14-7-3-8-15-22)31(37)33-23-16-9-4-10-17-23/h2-10,12-17,24-28H,11,18-20H2,1H3,(H,32,35)(H,33,37). The summed E-state index contributed by atoms with van der Waals surface area (Å²) in [5.74, 6) is -2.28. The number of urea groups is 1. The molecule has 3 aromatic carbocycles. The van der Waals surface area contributed by atoms with Crippen molar-refractivity contribution in [2.75, 3.05) is 25.6 Å². The summed E-state index contributed by atoms with van der Waals surface area (Å²) in [4.78, 5) is 43.1. The SMILES string of the molecule is COC(=O)C1C(c2ccccc2)C(C(=O)NCC2CCCO2)N(C(=O)Nc2ccccc2)C1c1ccccc1. The first-order valence-electron chi connectivity index (χ1n) is 13.3. The molecule has 0 aliphatic carbocycles. The maximum atomic E-state index is 14.1. The van der Waals surface area contributed by atoms with Crippen LogP contribution in [0.1, 0.15) is 35.9 Å². The lowest BCUT2D eigenvalue weighted by Crippen LogP contribution is -2.51. The highest BCUT2D eigenvalue weighted by atomic mass is 16.5. The van der Waals surface area contributed by atoms with Crippen LogP contribution in [0.2, 0.25) is 0 Å². The predicted octanol–water partition coefficient (Wildman–Crippen LogP) is 4.51. The average molecular weight is 528 g/mol. The molecule has 0 bridgehead atoms. The van der Waals surface area contributed by atoms with Gasteiger partial charge in [-0.1, -0.05) is 78.9 Å². The van der Waals surface area contributed by atoms with Crippen molar-refractivity contribution in [3.8, 4) is 0 Å². The molecule has 3 aromatic rings. The zero-order chi connectivity index (χ0) is 27.2. The Labute approximate surface area is 228 Å². The molecule has 8 nitrogen and oxygen atoms in total. The van der Waals surface area contributed by atoms with Gasteiger partial charge in [0.1, 0.15) is 6.04 Å². The van der Waals surface area contributed by atoms with Crippen LogP contribution in [-0.4, -0.2) is 55.2 Å². The van der Waals surface area contributed by atoms with Crippen molar-refractivity contribution in [1.29, 1.82) is 0 Å². The topological polar surface area (TPSA) is 97.0 Å². The van der Waals surface area contributed by atoms with Crippen LogP contribution in [0, 0.1) is 5.92 Å². The lowest BCUT2D eigenvalue weighted by molar-refractivity contribution is -0.146. The number of hydrogen-bond acceptors (Lipinski definition) is 5. The number of benzene rings is 3. The molecule has 202 valence electrons. The molecule has 0 aromatic heterocycles. The molecule has 0 radical (unpaired) electrons. The van der Waals surface area contributed by atoms with Gasteiger partial charge < -0.3 is 25.0 Å². The van der Waals surface area contributed by atoms with Gasteiger partial charge in [0.25, 0.3) is 0 Å². The first kappa shape index (κ1) is 26.4. The van der Waals surface area contributed by atoms with Gasteiger partial charge >= 0.3 is 12.0 Å². The van der Waals surface area contributed by atoms with Crippen molar-refractivity contribution < 1.29 is 23.9 Å². The number of ether oxygens (including phenoxy) is 2. The van der Waals surface area contributed by atoms with Crippen molar-refractivity contribution >= 4 is 23.6 Å². The highest BCUT2D eigenvalue weighted by Gasteiger charge is 2.58. The van der Waals surface area contributed by atoms with Gasteiger partial charge in [-0.15, -0.1) is 0 Å². The number of para-hydroxylation sites is 1. The van der Waals surface area contributed by atoms with Crippen molar-refractivity contribution in [3.05, 3.63) is 102 Å². The second-order valence-electron chi connectivity index (χ2n) is 9.87. The van der Waals surface area contributed by atoms with Crippen molar-refractivity contribution in [2.45, 2.75) is 36.9 Å². The van der Waals surface area contributed by atoms with Gasteiger partial charge in [-0.2, -0.15) is 0 Å². The Morgan fingerprint density at radius 2 is 1.51 bits per heavy atom. The Hall–Kier alpha value is -4.17. The van der Waals surface area contributed by atoms with E-state index >= 15 is 0 Å². The predicted molar refractivity (Wildman–Crippen MR) is 147 cm³/mol. The van der Waals surface area contributed by atoms with Crippen molar-refractivity contribution in [3.63, 3.8) is 0 Å². The van der Waals surface area contributed by atoms with Crippen LogP contribution in [0.25, 0.3) is 0 Å². The first-order valence-corrected chi connectivity index (χ1v) is 13.3. The number of anilines is 1. The molecular weight excluding hydrogens is 494 g/mol. The third-order valence-corrected chi connectivity index (χ3v) is 7.52. The zero-order valence-electron chi connectivity index (χ0n) is 21.9. The minimum atomic E-state index is -0.980. The summed E-state index contributed by atoms with van der Waals surface area (Å²) in [6.07, 6.45) is 1.74. The molecule has 3 amide bonds. The summed E-state index contributed by atoms with van der Waals surface area (Å²) in [6.45, 7) is 1.01. The number of amides is 3. The van der Waals surface area contributed by atoms with Crippen LogP contribution in [-0.2, 0) is 19.1 Å². The molecule has 0 spiro atoms. The van der Waals surface area contributed by atoms with Gasteiger partial charge in [0, 0.05) is 24.8 Å². The smallest absolute Gasteiger partial charge is 0.323 e. The summed E-state index contributed by atoms with van der Waals surface area (Å²) < 4.78 is 11.0. The number of carbonyl (C=O) groups is 3. The summed E-state index contributed by atoms with van der Waals surface area (Å²) in [5, 5.41) is 5.97. The quantitative estimate of drug-likeness (QED) is 0.441. The monoisotopic (exact) mass is 527 g/mol. The Balaban J connectivity index is 1.62. The van der Waals surface area contributed by atoms with Crippen molar-refractivity contribution in [2.24, 2.45) is 5.92 Å². The van der Waals surface area contributed by atoms with E-state index in [-0.39, 0.29) is 12.0 Å². The summed E-state index contributed by atoms with van der Waals surface area (Å²) in [5.41, 5.74) is 2.11. The maximum Gasteiger partial charge on any atom is 0.323 e. The van der Waals surface area contributed by atoms with E-state index in [9.17, 15) is 14.4 Å². The van der Waals surface area contributed by atoms with Gasteiger partial charge in [0.15, 0.2) is 0 Å². The van der Waals surface area contributed by atoms with Crippen LogP contribution in [0.5, 0.6) is 0 Å². The lowest BCUT2D eigenvalue weighted by Gasteiger charge is -2.31. The molecule has 5 unspecified atom stereocenters.